The number of piperazine rings is 1. The highest BCUT2D eigenvalue weighted by Crippen LogP contribution is 2.47. The number of benzene rings is 1. The van der Waals surface area contributed by atoms with E-state index >= 15 is 0 Å². The Balaban J connectivity index is 1.46. The summed E-state index contributed by atoms with van der Waals surface area (Å²) in [5, 5.41) is 14.7. The molecule has 3 heterocycles. The summed E-state index contributed by atoms with van der Waals surface area (Å²) in [7, 11) is 4.08. The molecule has 1 aromatic carbocycles. The van der Waals surface area contributed by atoms with Gasteiger partial charge in [0, 0.05) is 60.5 Å². The molecule has 0 spiro atoms. The van der Waals surface area contributed by atoms with E-state index in [4.69, 9.17) is 20.0 Å². The zero-order valence-corrected chi connectivity index (χ0v) is 24.5. The van der Waals surface area contributed by atoms with Gasteiger partial charge in [0.25, 0.3) is 0 Å². The predicted molar refractivity (Wildman–Crippen MR) is 161 cm³/mol. The average molecular weight is 574 g/mol. The zero-order chi connectivity index (χ0) is 29.1. The molecule has 0 saturated carbocycles. The number of nitriles is 1. The fourth-order valence-electron chi connectivity index (χ4n) is 5.37. The molecule has 0 bridgehead atoms. The average Bonchev–Trinajstić information content (AvgIpc) is 3.60. The Labute approximate surface area is 244 Å². The van der Waals surface area contributed by atoms with E-state index < -0.39 is 5.41 Å². The molecular formula is C30H35N7O3S. The number of anilines is 2. The van der Waals surface area contributed by atoms with Crippen LogP contribution in [0.5, 0.6) is 5.75 Å². The van der Waals surface area contributed by atoms with E-state index in [1.165, 1.54) is 17.4 Å². The van der Waals surface area contributed by atoms with E-state index in [-0.39, 0.29) is 5.91 Å². The molecule has 1 amide bonds. The van der Waals surface area contributed by atoms with Gasteiger partial charge in [-0.15, -0.1) is 11.3 Å². The van der Waals surface area contributed by atoms with Crippen LogP contribution in [0, 0.1) is 11.3 Å². The van der Waals surface area contributed by atoms with E-state index in [2.05, 4.69) is 33.7 Å². The van der Waals surface area contributed by atoms with Crippen LogP contribution >= 0.6 is 11.3 Å². The van der Waals surface area contributed by atoms with Crippen molar-refractivity contribution < 1.29 is 14.1 Å². The Hall–Kier alpha value is -4.14. The van der Waals surface area contributed by atoms with Gasteiger partial charge in [0.15, 0.2) is 0 Å². The number of allylic oxidation sites excluding steroid dienone is 1. The van der Waals surface area contributed by atoms with Crippen molar-refractivity contribution in [2.24, 2.45) is 0 Å². The fraction of sp³-hybridized carbons (Fsp3) is 0.400. The van der Waals surface area contributed by atoms with Gasteiger partial charge in [-0.25, -0.2) is 0 Å². The number of hydrogen-bond acceptors (Lipinski definition) is 10. The number of nitrogens with zero attached hydrogens (tertiary/aromatic N) is 6. The van der Waals surface area contributed by atoms with E-state index in [0.717, 1.165) is 40.4 Å². The van der Waals surface area contributed by atoms with Gasteiger partial charge in [-0.05, 0) is 58.1 Å². The molecule has 10 nitrogen and oxygen atoms in total. The van der Waals surface area contributed by atoms with E-state index in [9.17, 15) is 10.1 Å². The lowest BCUT2D eigenvalue weighted by Crippen LogP contribution is -2.48. The highest BCUT2D eigenvalue weighted by molar-refractivity contribution is 7.17. The monoisotopic (exact) mass is 573 g/mol. The summed E-state index contributed by atoms with van der Waals surface area (Å²) in [6, 6.07) is 8.26. The van der Waals surface area contributed by atoms with Gasteiger partial charge in [-0.1, -0.05) is 17.8 Å². The number of nitrogens with two attached hydrogens (primary N) is 1. The number of thiophene rings is 1. The number of hydrogen-bond donors (Lipinski definition) is 1. The van der Waals surface area contributed by atoms with Crippen LogP contribution in [0.1, 0.15) is 41.7 Å². The number of rotatable bonds is 9. The summed E-state index contributed by atoms with van der Waals surface area (Å²) in [5.41, 5.74) is 8.55. The van der Waals surface area contributed by atoms with Crippen LogP contribution in [0.25, 0.3) is 17.5 Å². The summed E-state index contributed by atoms with van der Waals surface area (Å²) in [5.74, 6) is 1.55. The van der Waals surface area contributed by atoms with Crippen LogP contribution in [0.4, 0.5) is 10.7 Å². The Morgan fingerprint density at radius 1 is 1.32 bits per heavy atom. The van der Waals surface area contributed by atoms with Gasteiger partial charge in [0.2, 0.25) is 17.6 Å². The summed E-state index contributed by atoms with van der Waals surface area (Å²) in [6.45, 7) is 9.71. The number of fused-ring (bicyclic) bond motifs is 1. The molecule has 1 aliphatic carbocycles. The molecule has 1 unspecified atom stereocenters. The van der Waals surface area contributed by atoms with Crippen LogP contribution in [0.3, 0.4) is 0 Å². The van der Waals surface area contributed by atoms with Crippen LogP contribution in [0.15, 0.2) is 41.5 Å². The van der Waals surface area contributed by atoms with Crippen molar-refractivity contribution >= 4 is 34.0 Å². The van der Waals surface area contributed by atoms with Gasteiger partial charge in [0.05, 0.1) is 17.6 Å². The Bertz CT molecular complexity index is 1510. The third kappa shape index (κ3) is 5.71. The minimum Gasteiger partial charge on any atom is -0.493 e. The van der Waals surface area contributed by atoms with Crippen molar-refractivity contribution in [2.75, 3.05) is 64.1 Å². The van der Waals surface area contributed by atoms with Crippen LogP contribution in [0.2, 0.25) is 0 Å². The molecule has 1 fully saturated rings. The molecule has 2 aliphatic rings. The number of carbonyl (C=O) groups excluding carboxylic acids is 1. The molecule has 3 aromatic rings. The molecule has 1 atom stereocenters. The second-order valence-electron chi connectivity index (χ2n) is 10.8. The van der Waals surface area contributed by atoms with Crippen LogP contribution in [-0.4, -0.2) is 79.3 Å². The van der Waals surface area contributed by atoms with Crippen LogP contribution in [-0.2, 0) is 10.2 Å². The lowest BCUT2D eigenvalue weighted by atomic mass is 9.75. The molecule has 2 aromatic heterocycles. The molecule has 5 rings (SSSR count). The van der Waals surface area contributed by atoms with Crippen LogP contribution < -0.4 is 15.4 Å². The highest BCUT2D eigenvalue weighted by atomic mass is 32.1. The van der Waals surface area contributed by atoms with E-state index in [1.807, 2.05) is 45.3 Å². The molecule has 41 heavy (non-hydrogen) atoms. The zero-order valence-electron chi connectivity index (χ0n) is 23.7. The lowest BCUT2D eigenvalue weighted by Gasteiger charge is -2.36. The molecule has 1 aliphatic heterocycles. The van der Waals surface area contributed by atoms with Gasteiger partial charge in [-0.2, -0.15) is 10.2 Å². The van der Waals surface area contributed by atoms with E-state index in [0.29, 0.717) is 61.5 Å². The smallest absolute Gasteiger partial charge is 0.246 e. The van der Waals surface area contributed by atoms with Crippen molar-refractivity contribution in [1.82, 2.24) is 19.9 Å². The Morgan fingerprint density at radius 2 is 2.10 bits per heavy atom. The third-order valence-electron chi connectivity index (χ3n) is 7.62. The van der Waals surface area contributed by atoms with Crippen molar-refractivity contribution in [1.29, 1.82) is 5.26 Å². The molecule has 1 saturated heterocycles. The van der Waals surface area contributed by atoms with Gasteiger partial charge < -0.3 is 29.7 Å². The van der Waals surface area contributed by atoms with Gasteiger partial charge in [0.1, 0.15) is 16.8 Å². The van der Waals surface area contributed by atoms with Crippen molar-refractivity contribution in [3.8, 4) is 23.2 Å². The number of aromatic nitrogens is 2. The number of carbonyl (C=O) groups is 1. The van der Waals surface area contributed by atoms with Gasteiger partial charge in [-0.3, -0.25) is 4.79 Å². The second kappa shape index (κ2) is 11.8. The first kappa shape index (κ1) is 28.4. The molecule has 11 heteroatoms. The van der Waals surface area contributed by atoms with Crippen molar-refractivity contribution in [3.63, 3.8) is 0 Å². The minimum atomic E-state index is -0.675. The SMILES string of the molecule is C=CC(=O)N1CCN(c2cc(OCCCN(C)C)cc(-c3noc(C4(C)CC=Cc5sc(N)c(C#N)c54)n3)c2)CC1. The predicted octanol–water partition coefficient (Wildman–Crippen LogP) is 4.14. The Kier molecular flexibility index (Phi) is 8.15. The van der Waals surface area contributed by atoms with E-state index in [1.54, 1.807) is 4.90 Å². The summed E-state index contributed by atoms with van der Waals surface area (Å²) < 4.78 is 12.1. The Morgan fingerprint density at radius 3 is 2.80 bits per heavy atom. The maximum atomic E-state index is 12.1. The second-order valence-corrected chi connectivity index (χ2v) is 11.9. The largest absolute Gasteiger partial charge is 0.493 e. The number of amides is 1. The molecular weight excluding hydrogens is 538 g/mol. The standard InChI is InChI=1S/C30H35N7O3S/c1-5-25(38)37-13-11-36(12-14-37)21-16-20(17-22(18-21)39-15-7-10-35(3)4)28-33-29(40-34-28)30(2)9-6-8-24-26(30)23(19-31)27(32)41-24/h5-6,8,16-18H,1,7,9-15,32H2,2-4H3. The first-order valence-corrected chi connectivity index (χ1v) is 14.5. The van der Waals surface area contributed by atoms with Gasteiger partial charge >= 0.3 is 0 Å². The minimum absolute atomic E-state index is 0.0521. The summed E-state index contributed by atoms with van der Waals surface area (Å²) >= 11 is 1.40. The number of ether oxygens (including phenoxy) is 1. The van der Waals surface area contributed by atoms with Crippen molar-refractivity contribution in [3.05, 3.63) is 58.8 Å². The third-order valence-corrected chi connectivity index (χ3v) is 8.60. The first-order chi connectivity index (χ1) is 19.7. The summed E-state index contributed by atoms with van der Waals surface area (Å²) in [4.78, 5) is 24.0. The molecule has 0 radical (unpaired) electrons. The normalized spacial score (nSPS) is 18.3. The highest BCUT2D eigenvalue weighted by Gasteiger charge is 2.41. The summed E-state index contributed by atoms with van der Waals surface area (Å²) in [6.07, 6.45) is 6.92. The maximum Gasteiger partial charge on any atom is 0.246 e. The fourth-order valence-corrected chi connectivity index (χ4v) is 6.45. The lowest BCUT2D eigenvalue weighted by molar-refractivity contribution is -0.126. The molecule has 214 valence electrons. The topological polar surface area (TPSA) is 125 Å². The van der Waals surface area contributed by atoms with Crippen molar-refractivity contribution in [2.45, 2.75) is 25.2 Å². The first-order valence-electron chi connectivity index (χ1n) is 13.7. The quantitative estimate of drug-likeness (QED) is 0.297. The number of nitrogen functional groups attached to an aromatic ring is 1. The molecule has 2 N–H and O–H groups in total. The maximum absolute atomic E-state index is 12.1.